The lowest BCUT2D eigenvalue weighted by Crippen LogP contribution is -1.94. The number of nitrogens with zero attached hydrogens (tertiary/aromatic N) is 2. The van der Waals surface area contributed by atoms with Crippen LogP contribution in [0.5, 0.6) is 0 Å². The standard InChI is InChI=1S/C5H5N5S.H4NO2PS/c6-5-9-3-2(4(11)10-5)7-1-8-3;1-4(2,3)5/h1H,(H4,6,7,8,9,10,11);(H4,1,2,3,5). The van der Waals surface area contributed by atoms with Crippen LogP contribution in [0.4, 0.5) is 5.95 Å². The zero-order valence-electron chi connectivity index (χ0n) is 7.78. The van der Waals surface area contributed by atoms with Crippen LogP contribution in [0.2, 0.25) is 0 Å². The van der Waals surface area contributed by atoms with Crippen molar-refractivity contribution in [1.82, 2.24) is 19.9 Å². The summed E-state index contributed by atoms with van der Waals surface area (Å²) in [6.45, 7) is -3.44. The van der Waals surface area contributed by atoms with Gasteiger partial charge in [-0.15, -0.1) is 0 Å². The van der Waals surface area contributed by atoms with Crippen LogP contribution in [0.25, 0.3) is 11.2 Å². The van der Waals surface area contributed by atoms with Crippen LogP contribution in [0.15, 0.2) is 6.33 Å². The lowest BCUT2D eigenvalue weighted by molar-refractivity contribution is 0.499. The number of H-pyrrole nitrogens is 2. The smallest absolute Gasteiger partial charge is 0.318 e. The Balaban J connectivity index is 0.000000221. The lowest BCUT2D eigenvalue weighted by atomic mass is 10.6. The molecule has 0 aliphatic heterocycles. The van der Waals surface area contributed by atoms with Gasteiger partial charge in [0.15, 0.2) is 5.65 Å². The van der Waals surface area contributed by atoms with Crippen molar-refractivity contribution in [2.75, 3.05) is 5.73 Å². The normalized spacial score (nSPS) is 13.9. The van der Waals surface area contributed by atoms with Crippen LogP contribution in [-0.2, 0) is 4.57 Å². The second kappa shape index (κ2) is 4.93. The van der Waals surface area contributed by atoms with E-state index in [-0.39, 0.29) is 5.95 Å². The fourth-order valence-corrected chi connectivity index (χ4v) is 1.11. The highest BCUT2D eigenvalue weighted by Crippen LogP contribution is 2.34. The van der Waals surface area contributed by atoms with E-state index in [0.717, 1.165) is 0 Å². The molecule has 0 radical (unpaired) electrons. The molecule has 2 rings (SSSR count). The van der Waals surface area contributed by atoms with Gasteiger partial charge >= 0.3 is 6.72 Å². The number of nitrogens with two attached hydrogens (primary N) is 2. The zero-order chi connectivity index (χ0) is 12.3. The van der Waals surface area contributed by atoms with Gasteiger partial charge in [0, 0.05) is 0 Å². The molecule has 11 heteroatoms. The van der Waals surface area contributed by atoms with E-state index in [1.165, 1.54) is 6.33 Å². The third-order valence-electron chi connectivity index (χ3n) is 1.31. The average Bonchev–Trinajstić information content (AvgIpc) is 2.47. The van der Waals surface area contributed by atoms with Gasteiger partial charge in [-0.05, 0) is 0 Å². The van der Waals surface area contributed by atoms with Gasteiger partial charge in [0.05, 0.1) is 6.33 Å². The Labute approximate surface area is 100 Å². The van der Waals surface area contributed by atoms with Crippen molar-refractivity contribution in [2.45, 2.75) is 0 Å². The molecule has 0 amide bonds. The molecule has 16 heavy (non-hydrogen) atoms. The Morgan fingerprint density at radius 1 is 1.62 bits per heavy atom. The van der Waals surface area contributed by atoms with Crippen LogP contribution in [0.1, 0.15) is 0 Å². The summed E-state index contributed by atoms with van der Waals surface area (Å²) in [6, 6.07) is 0. The number of nitrogen functional groups attached to an aromatic ring is 1. The van der Waals surface area contributed by atoms with Crippen molar-refractivity contribution < 1.29 is 9.46 Å². The number of nitrogens with one attached hydrogen (secondary N) is 2. The minimum Gasteiger partial charge on any atom is -0.369 e. The Morgan fingerprint density at radius 2 is 2.19 bits per heavy atom. The number of hydrogen-bond acceptors (Lipinski definition) is 5. The molecule has 88 valence electrons. The lowest BCUT2D eigenvalue weighted by Gasteiger charge is -1.91. The van der Waals surface area contributed by atoms with Crippen LogP contribution in [-0.4, -0.2) is 24.8 Å². The fourth-order valence-electron chi connectivity index (χ4n) is 0.860. The predicted molar refractivity (Wildman–Crippen MR) is 66.5 cm³/mol. The molecular formula is C5H9N6O2PS2. The Kier molecular flexibility index (Phi) is 4.05. The number of aromatic amines is 2. The first-order valence-corrected chi connectivity index (χ1v) is 7.09. The first-order valence-electron chi connectivity index (χ1n) is 3.80. The number of imidazole rings is 1. The van der Waals surface area contributed by atoms with Gasteiger partial charge in [0.25, 0.3) is 0 Å². The second-order valence-electron chi connectivity index (χ2n) is 2.64. The molecule has 1 atom stereocenters. The molecule has 0 saturated carbocycles. The molecule has 2 aromatic heterocycles. The van der Waals surface area contributed by atoms with E-state index in [1.54, 1.807) is 0 Å². The Morgan fingerprint density at radius 3 is 2.75 bits per heavy atom. The third kappa shape index (κ3) is 4.29. The molecule has 2 aromatic rings. The summed E-state index contributed by atoms with van der Waals surface area (Å²) in [5.74, 6) is 0.287. The molecule has 0 saturated heterocycles. The number of rotatable bonds is 0. The summed E-state index contributed by atoms with van der Waals surface area (Å²) in [6.07, 6.45) is 1.53. The molecule has 0 aliphatic rings. The molecule has 7 N–H and O–H groups in total. The molecule has 0 bridgehead atoms. The summed E-state index contributed by atoms with van der Waals surface area (Å²) in [4.78, 5) is 21.1. The summed E-state index contributed by atoms with van der Waals surface area (Å²) in [5, 5.41) is 0. The largest absolute Gasteiger partial charge is 0.369 e. The number of anilines is 1. The van der Waals surface area contributed by atoms with Gasteiger partial charge in [0.2, 0.25) is 5.95 Å². The molecule has 0 fully saturated rings. The van der Waals surface area contributed by atoms with Crippen LogP contribution in [0.3, 0.4) is 0 Å². The van der Waals surface area contributed by atoms with Crippen molar-refractivity contribution in [1.29, 1.82) is 0 Å². The van der Waals surface area contributed by atoms with Gasteiger partial charge in [-0.3, -0.25) is 10.1 Å². The van der Waals surface area contributed by atoms with Crippen molar-refractivity contribution in [3.05, 3.63) is 11.0 Å². The summed E-state index contributed by atoms with van der Waals surface area (Å²) in [7, 11) is 0. The number of fused-ring (bicyclic) bond motifs is 1. The fraction of sp³-hybridized carbons (Fsp3) is 0. The first kappa shape index (κ1) is 13.1. The minimum absolute atomic E-state index is 0.287. The van der Waals surface area contributed by atoms with Crippen LogP contribution < -0.4 is 11.2 Å². The maximum absolute atomic E-state index is 9.41. The number of hydrogen-bond donors (Lipinski definition) is 6. The zero-order valence-corrected chi connectivity index (χ0v) is 10.4. The van der Waals surface area contributed by atoms with Crippen LogP contribution in [0, 0.1) is 4.64 Å². The number of thiol groups is 1. The monoisotopic (exact) mass is 280 g/mol. The minimum atomic E-state index is -3.44. The quantitative estimate of drug-likeness (QED) is 0.235. The van der Waals surface area contributed by atoms with E-state index in [9.17, 15) is 4.57 Å². The van der Waals surface area contributed by atoms with E-state index in [0.29, 0.717) is 15.8 Å². The molecule has 8 nitrogen and oxygen atoms in total. The van der Waals surface area contributed by atoms with E-state index in [1.807, 2.05) is 0 Å². The maximum Gasteiger partial charge on any atom is 0.318 e. The van der Waals surface area contributed by atoms with Crippen molar-refractivity contribution in [3.8, 4) is 0 Å². The summed E-state index contributed by atoms with van der Waals surface area (Å²) in [5.41, 5.74) is 11.0. The highest BCUT2D eigenvalue weighted by molar-refractivity contribution is 8.45. The van der Waals surface area contributed by atoms with E-state index < -0.39 is 6.72 Å². The highest BCUT2D eigenvalue weighted by atomic mass is 32.7. The van der Waals surface area contributed by atoms with Gasteiger partial charge in [-0.1, -0.05) is 24.5 Å². The first-order chi connectivity index (χ1) is 7.27. The topological polar surface area (TPSA) is 147 Å². The Bertz CT molecular complexity index is 580. The SMILES string of the molecule is NP(=O)(O)S.Nc1nc2nc[nH]c2c(=S)[nH]1. The molecule has 0 aromatic carbocycles. The van der Waals surface area contributed by atoms with Gasteiger partial charge < -0.3 is 20.6 Å². The molecular weight excluding hydrogens is 271 g/mol. The van der Waals surface area contributed by atoms with E-state index >= 15 is 0 Å². The molecule has 2 heterocycles. The maximum atomic E-state index is 9.41. The van der Waals surface area contributed by atoms with Crippen molar-refractivity contribution >= 4 is 48.3 Å². The summed E-state index contributed by atoms with van der Waals surface area (Å²) < 4.78 is 9.95. The number of aromatic nitrogens is 4. The second-order valence-corrected chi connectivity index (χ2v) is 5.95. The highest BCUT2D eigenvalue weighted by Gasteiger charge is 1.99. The third-order valence-corrected chi connectivity index (χ3v) is 1.62. The molecule has 0 aliphatic carbocycles. The van der Waals surface area contributed by atoms with E-state index in [2.05, 4.69) is 37.7 Å². The summed E-state index contributed by atoms with van der Waals surface area (Å²) >= 11 is 7.96. The molecule has 1 unspecified atom stereocenters. The van der Waals surface area contributed by atoms with Crippen molar-refractivity contribution in [2.24, 2.45) is 5.50 Å². The van der Waals surface area contributed by atoms with Crippen LogP contribution >= 0.6 is 31.2 Å². The Hall–Kier alpha value is -0.930. The van der Waals surface area contributed by atoms with Gasteiger partial charge in [-0.25, -0.2) is 4.98 Å². The average molecular weight is 280 g/mol. The van der Waals surface area contributed by atoms with Gasteiger partial charge in [0.1, 0.15) is 10.2 Å². The van der Waals surface area contributed by atoms with E-state index in [4.69, 9.17) is 22.8 Å². The van der Waals surface area contributed by atoms with Gasteiger partial charge in [-0.2, -0.15) is 4.98 Å². The van der Waals surface area contributed by atoms with Crippen molar-refractivity contribution in [3.63, 3.8) is 0 Å². The predicted octanol–water partition coefficient (Wildman–Crippen LogP) is 0.573. The molecule has 0 spiro atoms.